The van der Waals surface area contributed by atoms with Crippen molar-refractivity contribution < 1.29 is 0 Å². The molecule has 0 bridgehead atoms. The number of nitrogens with zero attached hydrogens (tertiary/aromatic N) is 3. The molecule has 15 heavy (non-hydrogen) atoms. The van der Waals surface area contributed by atoms with E-state index in [4.69, 9.17) is 5.73 Å². The summed E-state index contributed by atoms with van der Waals surface area (Å²) in [4.78, 5) is 0. The lowest BCUT2D eigenvalue weighted by Gasteiger charge is -2.09. The predicted molar refractivity (Wildman–Crippen MR) is 61.5 cm³/mol. The van der Waals surface area contributed by atoms with Gasteiger partial charge >= 0.3 is 0 Å². The van der Waals surface area contributed by atoms with Gasteiger partial charge in [-0.3, -0.25) is 0 Å². The van der Waals surface area contributed by atoms with Crippen molar-refractivity contribution in [2.75, 3.05) is 6.54 Å². The van der Waals surface area contributed by atoms with Crippen LogP contribution in [0.25, 0.3) is 0 Å². The molecule has 86 valence electrons. The first kappa shape index (κ1) is 12.2. The Morgan fingerprint density at radius 1 is 1.47 bits per heavy atom. The standard InChI is InChI=1S/C11H22N4/c1-3-8-15-9-13-14-11(15)5-4-10(2)6-7-12/h9-10H,3-8,12H2,1-2H3. The first-order valence-electron chi connectivity index (χ1n) is 5.84. The van der Waals surface area contributed by atoms with Gasteiger partial charge in [-0.1, -0.05) is 13.8 Å². The summed E-state index contributed by atoms with van der Waals surface area (Å²) < 4.78 is 2.15. The van der Waals surface area contributed by atoms with Gasteiger partial charge in [-0.05, 0) is 31.7 Å². The highest BCUT2D eigenvalue weighted by Gasteiger charge is 2.06. The second kappa shape index (κ2) is 6.56. The van der Waals surface area contributed by atoms with E-state index < -0.39 is 0 Å². The van der Waals surface area contributed by atoms with Crippen LogP contribution in [0.4, 0.5) is 0 Å². The van der Waals surface area contributed by atoms with Crippen LogP contribution in [-0.2, 0) is 13.0 Å². The van der Waals surface area contributed by atoms with Crippen LogP contribution in [0.3, 0.4) is 0 Å². The van der Waals surface area contributed by atoms with E-state index in [2.05, 4.69) is 28.6 Å². The van der Waals surface area contributed by atoms with Gasteiger partial charge in [0.25, 0.3) is 0 Å². The van der Waals surface area contributed by atoms with Crippen molar-refractivity contribution in [2.24, 2.45) is 11.7 Å². The molecule has 0 fully saturated rings. The number of aryl methyl sites for hydroxylation is 2. The molecule has 0 amide bonds. The lowest BCUT2D eigenvalue weighted by Crippen LogP contribution is -2.09. The van der Waals surface area contributed by atoms with Crippen LogP contribution in [0.1, 0.15) is 38.9 Å². The van der Waals surface area contributed by atoms with Gasteiger partial charge in [-0.2, -0.15) is 0 Å². The molecular formula is C11H22N4. The van der Waals surface area contributed by atoms with E-state index in [0.29, 0.717) is 5.92 Å². The molecule has 4 nitrogen and oxygen atoms in total. The molecule has 1 rings (SSSR count). The number of aromatic nitrogens is 3. The van der Waals surface area contributed by atoms with E-state index in [9.17, 15) is 0 Å². The third-order valence-corrected chi connectivity index (χ3v) is 2.68. The Hall–Kier alpha value is -0.900. The fraction of sp³-hybridized carbons (Fsp3) is 0.818. The lowest BCUT2D eigenvalue weighted by molar-refractivity contribution is 0.484. The molecule has 1 atom stereocenters. The van der Waals surface area contributed by atoms with Crippen molar-refractivity contribution in [3.63, 3.8) is 0 Å². The third-order valence-electron chi connectivity index (χ3n) is 2.68. The number of hydrogen-bond donors (Lipinski definition) is 1. The van der Waals surface area contributed by atoms with Gasteiger partial charge in [0, 0.05) is 13.0 Å². The highest BCUT2D eigenvalue weighted by atomic mass is 15.3. The minimum atomic E-state index is 0.682. The average molecular weight is 210 g/mol. The predicted octanol–water partition coefficient (Wildman–Crippen LogP) is 1.61. The summed E-state index contributed by atoms with van der Waals surface area (Å²) in [6.07, 6.45) is 6.22. The summed E-state index contributed by atoms with van der Waals surface area (Å²) in [5.41, 5.74) is 5.52. The molecule has 0 spiro atoms. The van der Waals surface area contributed by atoms with E-state index in [1.165, 1.54) is 0 Å². The van der Waals surface area contributed by atoms with E-state index >= 15 is 0 Å². The Morgan fingerprint density at radius 2 is 2.27 bits per heavy atom. The van der Waals surface area contributed by atoms with Crippen molar-refractivity contribution in [3.8, 4) is 0 Å². The highest BCUT2D eigenvalue weighted by Crippen LogP contribution is 2.10. The van der Waals surface area contributed by atoms with Crippen LogP contribution in [0.5, 0.6) is 0 Å². The summed E-state index contributed by atoms with van der Waals surface area (Å²) in [6, 6.07) is 0. The van der Waals surface area contributed by atoms with Crippen LogP contribution in [-0.4, -0.2) is 21.3 Å². The quantitative estimate of drug-likeness (QED) is 0.743. The van der Waals surface area contributed by atoms with E-state index in [0.717, 1.165) is 44.6 Å². The zero-order valence-corrected chi connectivity index (χ0v) is 9.82. The van der Waals surface area contributed by atoms with Gasteiger partial charge < -0.3 is 10.3 Å². The minimum Gasteiger partial charge on any atom is -0.330 e. The van der Waals surface area contributed by atoms with Crippen molar-refractivity contribution in [2.45, 2.75) is 46.1 Å². The number of rotatable bonds is 7. The van der Waals surface area contributed by atoms with Gasteiger partial charge in [0.15, 0.2) is 0 Å². The van der Waals surface area contributed by atoms with Gasteiger partial charge in [0.1, 0.15) is 12.2 Å². The van der Waals surface area contributed by atoms with Crippen molar-refractivity contribution in [1.82, 2.24) is 14.8 Å². The Balaban J connectivity index is 2.39. The fourth-order valence-corrected chi connectivity index (χ4v) is 1.70. The maximum atomic E-state index is 5.52. The molecule has 0 radical (unpaired) electrons. The van der Waals surface area contributed by atoms with Crippen molar-refractivity contribution in [3.05, 3.63) is 12.2 Å². The SMILES string of the molecule is CCCn1cnnc1CCC(C)CCN. The molecule has 1 aromatic heterocycles. The largest absolute Gasteiger partial charge is 0.330 e. The first-order valence-corrected chi connectivity index (χ1v) is 5.84. The normalized spacial score (nSPS) is 13.0. The first-order chi connectivity index (χ1) is 7.27. The molecule has 0 aliphatic rings. The Kier molecular flexibility index (Phi) is 5.32. The summed E-state index contributed by atoms with van der Waals surface area (Å²) in [7, 11) is 0. The van der Waals surface area contributed by atoms with Crippen LogP contribution in [0.15, 0.2) is 6.33 Å². The van der Waals surface area contributed by atoms with E-state index in [-0.39, 0.29) is 0 Å². The zero-order chi connectivity index (χ0) is 11.1. The Bertz CT molecular complexity index is 269. The van der Waals surface area contributed by atoms with E-state index in [1.807, 2.05) is 6.33 Å². The molecule has 2 N–H and O–H groups in total. The second-order valence-corrected chi connectivity index (χ2v) is 4.16. The second-order valence-electron chi connectivity index (χ2n) is 4.16. The topological polar surface area (TPSA) is 56.7 Å². The summed E-state index contributed by atoms with van der Waals surface area (Å²) in [5, 5.41) is 8.10. The zero-order valence-electron chi connectivity index (χ0n) is 9.82. The third kappa shape index (κ3) is 4.00. The maximum Gasteiger partial charge on any atom is 0.132 e. The van der Waals surface area contributed by atoms with Crippen molar-refractivity contribution in [1.29, 1.82) is 0 Å². The van der Waals surface area contributed by atoms with Crippen molar-refractivity contribution >= 4 is 0 Å². The van der Waals surface area contributed by atoms with Gasteiger partial charge in [0.2, 0.25) is 0 Å². The molecule has 0 saturated heterocycles. The van der Waals surface area contributed by atoms with Crippen LogP contribution in [0.2, 0.25) is 0 Å². The van der Waals surface area contributed by atoms with E-state index in [1.54, 1.807) is 0 Å². The minimum absolute atomic E-state index is 0.682. The van der Waals surface area contributed by atoms with Crippen LogP contribution < -0.4 is 5.73 Å². The van der Waals surface area contributed by atoms with Gasteiger partial charge in [0.05, 0.1) is 0 Å². The number of nitrogens with two attached hydrogens (primary N) is 1. The number of hydrogen-bond acceptors (Lipinski definition) is 3. The molecule has 0 aromatic carbocycles. The maximum absolute atomic E-state index is 5.52. The molecule has 4 heteroatoms. The molecule has 1 aromatic rings. The van der Waals surface area contributed by atoms with Gasteiger partial charge in [-0.25, -0.2) is 0 Å². The molecule has 1 heterocycles. The molecule has 1 unspecified atom stereocenters. The molecule has 0 aliphatic carbocycles. The smallest absolute Gasteiger partial charge is 0.132 e. The highest BCUT2D eigenvalue weighted by molar-refractivity contribution is 4.86. The average Bonchev–Trinajstić information content (AvgIpc) is 2.64. The Labute approximate surface area is 91.9 Å². The van der Waals surface area contributed by atoms with Gasteiger partial charge in [-0.15, -0.1) is 10.2 Å². The summed E-state index contributed by atoms with van der Waals surface area (Å²) >= 11 is 0. The van der Waals surface area contributed by atoms with Crippen LogP contribution >= 0.6 is 0 Å². The van der Waals surface area contributed by atoms with Crippen LogP contribution in [0, 0.1) is 5.92 Å². The summed E-state index contributed by atoms with van der Waals surface area (Å²) in [5.74, 6) is 1.79. The molecule has 0 saturated carbocycles. The Morgan fingerprint density at radius 3 is 2.93 bits per heavy atom. The molecule has 0 aliphatic heterocycles. The monoisotopic (exact) mass is 210 g/mol. The lowest BCUT2D eigenvalue weighted by atomic mass is 10.0. The molecular weight excluding hydrogens is 188 g/mol. The summed E-state index contributed by atoms with van der Waals surface area (Å²) in [6.45, 7) is 6.21. The fourth-order valence-electron chi connectivity index (χ4n) is 1.70.